The zero-order chi connectivity index (χ0) is 32.6. The molecule has 2 aromatic rings. The van der Waals surface area contributed by atoms with Crippen molar-refractivity contribution >= 4 is 116 Å². The van der Waals surface area contributed by atoms with Crippen molar-refractivity contribution in [2.24, 2.45) is 0 Å². The third kappa shape index (κ3) is 12.1. The highest BCUT2D eigenvalue weighted by molar-refractivity contribution is 8.76. The molecule has 0 heterocycles. The molecule has 2 amide bonds. The summed E-state index contributed by atoms with van der Waals surface area (Å²) >= 11 is 13.7. The molecule has 0 saturated carbocycles. The molecule has 2 rings (SSSR count). The number of amides is 2. The van der Waals surface area contributed by atoms with E-state index >= 15 is 0 Å². The minimum Gasteiger partial charge on any atom is -0.467 e. The Morgan fingerprint density at radius 2 is 1.41 bits per heavy atom. The van der Waals surface area contributed by atoms with E-state index in [1.54, 1.807) is 36.4 Å². The van der Waals surface area contributed by atoms with Crippen LogP contribution in [0.5, 0.6) is 0 Å². The number of carbonyl (C=O) groups is 5. The number of hydrogen-bond acceptors (Lipinski definition) is 15. The van der Waals surface area contributed by atoms with E-state index in [0.717, 1.165) is 11.9 Å². The fourth-order valence-electron chi connectivity index (χ4n) is 3.34. The van der Waals surface area contributed by atoms with E-state index in [1.165, 1.54) is 41.4 Å². The Labute approximate surface area is 283 Å². The topological polar surface area (TPSA) is 172 Å². The molecule has 0 aromatic heterocycles. The summed E-state index contributed by atoms with van der Waals surface area (Å²) in [5, 5.41) is 16.8. The van der Waals surface area contributed by atoms with E-state index in [-0.39, 0.29) is 35.0 Å². The third-order valence-electron chi connectivity index (χ3n) is 5.76. The maximum atomic E-state index is 13.0. The van der Waals surface area contributed by atoms with Crippen molar-refractivity contribution in [3.05, 3.63) is 47.5 Å². The van der Waals surface area contributed by atoms with Gasteiger partial charge >= 0.3 is 11.9 Å². The quantitative estimate of drug-likeness (QED) is 0.0279. The van der Waals surface area contributed by atoms with E-state index in [1.807, 2.05) is 0 Å². The summed E-state index contributed by atoms with van der Waals surface area (Å²) in [7, 11) is 4.85. The molecule has 0 fully saturated rings. The number of hydrogen-bond donors (Lipinski definition) is 7. The SMILES string of the molecule is COC(=O)C(CSN[C@@H](CS)C(=O)S)NC(=O)c1ccc2cc(C(=O)NC(CSSN[C@@H](C=S)CO)C(=O)OC)ccc2c1. The summed E-state index contributed by atoms with van der Waals surface area (Å²) in [6.07, 6.45) is 0. The molecule has 2 aromatic carbocycles. The molecule has 0 aliphatic carbocycles. The van der Waals surface area contributed by atoms with Crippen molar-refractivity contribution in [1.82, 2.24) is 20.1 Å². The normalized spacial score (nSPS) is 13.7. The van der Waals surface area contributed by atoms with Crippen molar-refractivity contribution in [2.75, 3.05) is 38.1 Å². The van der Waals surface area contributed by atoms with Gasteiger partial charge in [-0.2, -0.15) is 12.6 Å². The molecular formula is C26H32N4O8S6. The van der Waals surface area contributed by atoms with E-state index in [0.29, 0.717) is 10.8 Å². The Hall–Kier alpha value is -2.03. The van der Waals surface area contributed by atoms with Gasteiger partial charge in [0, 0.05) is 28.4 Å². The lowest BCUT2D eigenvalue weighted by Crippen LogP contribution is -2.44. The Bertz CT molecular complexity index is 1340. The van der Waals surface area contributed by atoms with Gasteiger partial charge in [-0.05, 0) is 51.4 Å². The molecule has 44 heavy (non-hydrogen) atoms. The molecule has 12 nitrogen and oxygen atoms in total. The number of carbonyl (C=O) groups excluding carboxylic acids is 5. The number of thiol groups is 2. The number of esters is 2. The Morgan fingerprint density at radius 1 is 0.886 bits per heavy atom. The lowest BCUT2D eigenvalue weighted by Gasteiger charge is -2.18. The summed E-state index contributed by atoms with van der Waals surface area (Å²) in [5.74, 6) is -1.84. The van der Waals surface area contributed by atoms with Crippen LogP contribution in [0.15, 0.2) is 36.4 Å². The smallest absolute Gasteiger partial charge is 0.329 e. The minimum atomic E-state index is -1.01. The lowest BCUT2D eigenvalue weighted by atomic mass is 10.0. The van der Waals surface area contributed by atoms with Crippen LogP contribution in [0.3, 0.4) is 0 Å². The fraction of sp³-hybridized carbons (Fsp3) is 0.385. The van der Waals surface area contributed by atoms with Gasteiger partial charge in [-0.3, -0.25) is 19.1 Å². The van der Waals surface area contributed by atoms with Gasteiger partial charge in [-0.25, -0.2) is 14.3 Å². The molecule has 240 valence electrons. The molecule has 0 radical (unpaired) electrons. The first-order valence-corrected chi connectivity index (χ1v) is 17.6. The predicted molar refractivity (Wildman–Crippen MR) is 185 cm³/mol. The van der Waals surface area contributed by atoms with Crippen LogP contribution in [0.4, 0.5) is 0 Å². The average Bonchev–Trinajstić information content (AvgIpc) is 3.03. The second kappa shape index (κ2) is 20.2. The highest BCUT2D eigenvalue weighted by Crippen LogP contribution is 2.21. The number of methoxy groups -OCH3 is 2. The Kier molecular flexibility index (Phi) is 17.5. The Balaban J connectivity index is 2.08. The zero-order valence-electron chi connectivity index (χ0n) is 23.5. The lowest BCUT2D eigenvalue weighted by molar-refractivity contribution is -0.143. The number of nitrogens with one attached hydrogen (secondary N) is 4. The molecular weight excluding hydrogens is 689 g/mol. The highest BCUT2D eigenvalue weighted by atomic mass is 33.1. The van der Waals surface area contributed by atoms with E-state index in [9.17, 15) is 29.1 Å². The largest absolute Gasteiger partial charge is 0.467 e. The molecule has 0 bridgehead atoms. The second-order valence-corrected chi connectivity index (χ2v) is 12.9. The van der Waals surface area contributed by atoms with Crippen molar-refractivity contribution < 1.29 is 38.6 Å². The van der Waals surface area contributed by atoms with Crippen LogP contribution < -0.4 is 20.1 Å². The first kappa shape index (κ1) is 38.2. The van der Waals surface area contributed by atoms with Crippen LogP contribution in [0.1, 0.15) is 20.7 Å². The van der Waals surface area contributed by atoms with E-state index in [4.69, 9.17) is 21.7 Å². The summed E-state index contributed by atoms with van der Waals surface area (Å²) in [6, 6.07) is 6.68. The van der Waals surface area contributed by atoms with Gasteiger partial charge in [0.05, 0.1) is 32.9 Å². The maximum absolute atomic E-state index is 13.0. The van der Waals surface area contributed by atoms with Gasteiger partial charge in [0.25, 0.3) is 11.8 Å². The first-order valence-electron chi connectivity index (χ1n) is 12.7. The third-order valence-corrected chi connectivity index (χ3v) is 9.75. The van der Waals surface area contributed by atoms with Crippen LogP contribution in [0.25, 0.3) is 10.8 Å². The number of rotatable bonds is 19. The number of aliphatic hydroxyl groups is 1. The van der Waals surface area contributed by atoms with Gasteiger partial charge in [-0.1, -0.05) is 47.1 Å². The van der Waals surface area contributed by atoms with Gasteiger partial charge < -0.3 is 25.2 Å². The van der Waals surface area contributed by atoms with Crippen molar-refractivity contribution in [2.45, 2.75) is 24.2 Å². The number of thiocarbonyl (C=S) groups is 1. The molecule has 2 unspecified atom stereocenters. The summed E-state index contributed by atoms with van der Waals surface area (Å²) in [6.45, 7) is -0.175. The van der Waals surface area contributed by atoms with Gasteiger partial charge in [0.1, 0.15) is 12.1 Å². The minimum absolute atomic E-state index is 0.0758. The van der Waals surface area contributed by atoms with Gasteiger partial charge in [0.2, 0.25) is 5.12 Å². The molecule has 0 spiro atoms. The maximum Gasteiger partial charge on any atom is 0.329 e. The van der Waals surface area contributed by atoms with E-state index < -0.39 is 53.0 Å². The highest BCUT2D eigenvalue weighted by Gasteiger charge is 2.25. The van der Waals surface area contributed by atoms with Crippen molar-refractivity contribution in [1.29, 1.82) is 0 Å². The molecule has 0 saturated heterocycles. The standard InChI is InChI=1S/C26H32N4O8S6/c1-37-24(34)20(12-42-30-19(11-40)26(36)41)27-22(32)16-5-3-15-8-17(6-4-14(15)7-16)23(33)28-21(25(35)38-2)13-43-44-29-18(9-31)10-39/h3-8,10,18-21,29-31,40H,9,11-13H2,1-2H3,(H,27,32)(H,28,33)(H,36,41)/t18-,19+,20?,21?/m1/s1. The molecule has 0 aliphatic heterocycles. The summed E-state index contributed by atoms with van der Waals surface area (Å²) in [4.78, 5) is 62.0. The van der Waals surface area contributed by atoms with E-state index in [2.05, 4.69) is 45.3 Å². The zero-order valence-corrected chi connectivity index (χ0v) is 28.6. The van der Waals surface area contributed by atoms with Crippen molar-refractivity contribution in [3.63, 3.8) is 0 Å². The first-order chi connectivity index (χ1) is 21.1. The van der Waals surface area contributed by atoms with Gasteiger partial charge in [0.15, 0.2) is 0 Å². The van der Waals surface area contributed by atoms with Gasteiger partial charge in [-0.15, -0.1) is 12.6 Å². The monoisotopic (exact) mass is 720 g/mol. The van der Waals surface area contributed by atoms with Crippen LogP contribution >= 0.6 is 71.2 Å². The molecule has 0 aliphatic rings. The average molecular weight is 721 g/mol. The van der Waals surface area contributed by atoms with Crippen LogP contribution in [-0.2, 0) is 23.9 Å². The number of fused-ring (bicyclic) bond motifs is 1. The van der Waals surface area contributed by atoms with Crippen molar-refractivity contribution in [3.8, 4) is 0 Å². The van der Waals surface area contributed by atoms with Crippen LogP contribution in [0.2, 0.25) is 0 Å². The Morgan fingerprint density at radius 3 is 1.84 bits per heavy atom. The molecule has 18 heteroatoms. The predicted octanol–water partition coefficient (Wildman–Crippen LogP) is 1.62. The molecule has 5 N–H and O–H groups in total. The number of ether oxygens (including phenoxy) is 2. The summed E-state index contributed by atoms with van der Waals surface area (Å²) in [5.41, 5.74) is 0.557. The number of aliphatic hydroxyl groups excluding tert-OH is 1. The fourth-order valence-corrected chi connectivity index (χ4v) is 7.16. The van der Waals surface area contributed by atoms with Crippen LogP contribution in [0, 0.1) is 0 Å². The summed E-state index contributed by atoms with van der Waals surface area (Å²) < 4.78 is 15.4. The second-order valence-electron chi connectivity index (χ2n) is 8.79. The number of benzene rings is 2. The van der Waals surface area contributed by atoms with Crippen LogP contribution in [-0.4, -0.2) is 102 Å². The molecule has 4 atom stereocenters.